The zero-order valence-corrected chi connectivity index (χ0v) is 19.4. The molecule has 1 aromatic heterocycles. The molecule has 0 spiro atoms. The number of H-pyrrole nitrogens is 1. The molecule has 0 saturated carbocycles. The average molecular weight is 441 g/mol. The Morgan fingerprint density at radius 1 is 1.30 bits per heavy atom. The van der Waals surface area contributed by atoms with Gasteiger partial charge in [0, 0.05) is 19.6 Å². The van der Waals surface area contributed by atoms with Crippen molar-refractivity contribution in [2.24, 2.45) is 4.99 Å². The van der Waals surface area contributed by atoms with E-state index in [0.29, 0.717) is 24.9 Å². The minimum Gasteiger partial charge on any atom is -0.475 e. The van der Waals surface area contributed by atoms with Crippen LogP contribution < -0.4 is 0 Å². The van der Waals surface area contributed by atoms with E-state index in [-0.39, 0.29) is 23.5 Å². The molecule has 1 fully saturated rings. The summed E-state index contributed by atoms with van der Waals surface area (Å²) in [4.78, 5) is 11.9. The summed E-state index contributed by atoms with van der Waals surface area (Å²) >= 11 is 1.25. The predicted molar refractivity (Wildman–Crippen MR) is 121 cm³/mol. The maximum absolute atomic E-state index is 7.80. The molecule has 1 aromatic rings. The summed E-state index contributed by atoms with van der Waals surface area (Å²) in [6.45, 7) is 8.64. The Morgan fingerprint density at radius 3 is 2.77 bits per heavy atom. The molecule has 1 saturated heterocycles. The van der Waals surface area contributed by atoms with E-state index >= 15 is 0 Å². The second-order valence-corrected chi connectivity index (χ2v) is 7.93. The maximum Gasteiger partial charge on any atom is 0.260 e. The van der Waals surface area contributed by atoms with Crippen molar-refractivity contribution >= 4 is 22.8 Å². The number of aliphatic imine (C=N–C) groups is 1. The number of imidazole rings is 1. The molecule has 0 unspecified atom stereocenters. The number of thioether (sulfide) groups is 1. The first kappa shape index (κ1) is 24.8. The Labute approximate surface area is 184 Å². The lowest BCUT2D eigenvalue weighted by molar-refractivity contribution is -0.0655. The third-order valence-electron chi connectivity index (χ3n) is 4.78. The minimum atomic E-state index is -0.152. The van der Waals surface area contributed by atoms with E-state index in [9.17, 15) is 0 Å². The Hall–Kier alpha value is -1.42. The summed E-state index contributed by atoms with van der Waals surface area (Å²) in [6.07, 6.45) is 8.34. The summed E-state index contributed by atoms with van der Waals surface area (Å²) in [5, 5.41) is 7.96. The molecule has 8 nitrogen and oxygen atoms in total. The van der Waals surface area contributed by atoms with E-state index in [0.717, 1.165) is 51.0 Å². The molecular weight excluding hydrogens is 404 g/mol. The lowest BCUT2D eigenvalue weighted by atomic mass is 10.1. The largest absolute Gasteiger partial charge is 0.475 e. The van der Waals surface area contributed by atoms with Crippen LogP contribution in [0.1, 0.15) is 70.5 Å². The Morgan fingerprint density at radius 2 is 2.07 bits per heavy atom. The molecule has 1 aliphatic rings. The first-order valence-electron chi connectivity index (χ1n) is 10.9. The van der Waals surface area contributed by atoms with E-state index in [1.165, 1.54) is 11.8 Å². The third-order valence-corrected chi connectivity index (χ3v) is 5.25. The molecule has 2 N–H and O–H groups in total. The van der Waals surface area contributed by atoms with Gasteiger partial charge < -0.3 is 23.9 Å². The number of hydrogen-bond acceptors (Lipinski definition) is 7. The Bertz CT molecular complexity index is 667. The van der Waals surface area contributed by atoms with Gasteiger partial charge in [0.1, 0.15) is 12.2 Å². The highest BCUT2D eigenvalue weighted by atomic mass is 32.2. The zero-order valence-electron chi connectivity index (χ0n) is 18.6. The van der Waals surface area contributed by atoms with Gasteiger partial charge >= 0.3 is 0 Å². The number of hydrogen-bond donors (Lipinski definition) is 2. The number of rotatable bonds is 12. The highest BCUT2D eigenvalue weighted by Gasteiger charge is 2.38. The van der Waals surface area contributed by atoms with Gasteiger partial charge in [-0.15, -0.1) is 0 Å². The van der Waals surface area contributed by atoms with E-state index < -0.39 is 0 Å². The summed E-state index contributed by atoms with van der Waals surface area (Å²) in [5.74, 6) is 0.816. The van der Waals surface area contributed by atoms with Crippen molar-refractivity contribution < 1.29 is 18.9 Å². The fourth-order valence-electron chi connectivity index (χ4n) is 3.10. The fraction of sp³-hybridized carbons (Fsp3) is 0.762. The highest BCUT2D eigenvalue weighted by Crippen LogP contribution is 2.34. The normalized spacial score (nSPS) is 21.9. The number of aromatic amines is 1. The van der Waals surface area contributed by atoms with Gasteiger partial charge in [0.15, 0.2) is 11.0 Å². The minimum absolute atomic E-state index is 0.000347. The molecular formula is C21H36N4O4S. The van der Waals surface area contributed by atoms with Gasteiger partial charge in [-0.1, -0.05) is 38.5 Å². The molecule has 30 heavy (non-hydrogen) atoms. The summed E-state index contributed by atoms with van der Waals surface area (Å²) in [6, 6.07) is 0. The molecule has 170 valence electrons. The number of amidine groups is 1. The second kappa shape index (κ2) is 13.8. The quantitative estimate of drug-likeness (QED) is 0.285. The molecule has 0 radical (unpaired) electrons. The number of unbranched alkanes of at least 4 members (excludes halogenated alkanes) is 2. The van der Waals surface area contributed by atoms with Crippen molar-refractivity contribution in [1.29, 1.82) is 5.41 Å². The number of ether oxygens (including phenoxy) is 4. The van der Waals surface area contributed by atoms with Crippen LogP contribution in [0.2, 0.25) is 0 Å². The summed E-state index contributed by atoms with van der Waals surface area (Å²) in [5.41, 5.74) is 0.855. The highest BCUT2D eigenvalue weighted by molar-refractivity contribution is 8.13. The van der Waals surface area contributed by atoms with Crippen molar-refractivity contribution in [1.82, 2.24) is 9.97 Å². The van der Waals surface area contributed by atoms with Crippen LogP contribution in [0, 0.1) is 5.41 Å². The third kappa shape index (κ3) is 7.68. The number of nitrogens with one attached hydrogen (secondary N) is 2. The van der Waals surface area contributed by atoms with Crippen LogP contribution >= 0.6 is 11.8 Å². The van der Waals surface area contributed by atoms with Gasteiger partial charge in [0.25, 0.3) is 5.90 Å². The fourth-order valence-corrected chi connectivity index (χ4v) is 3.27. The molecule has 2 heterocycles. The van der Waals surface area contributed by atoms with E-state index in [1.54, 1.807) is 12.5 Å². The van der Waals surface area contributed by atoms with Crippen LogP contribution in [0.4, 0.5) is 0 Å². The van der Waals surface area contributed by atoms with Gasteiger partial charge in [-0.25, -0.2) is 4.98 Å². The molecule has 9 heteroatoms. The lowest BCUT2D eigenvalue weighted by Crippen LogP contribution is -2.29. The molecule has 3 atom stereocenters. The first-order chi connectivity index (χ1) is 14.6. The average Bonchev–Trinajstić information content (AvgIpc) is 3.38. The number of nitrogens with zero attached hydrogens (tertiary/aromatic N) is 2. The van der Waals surface area contributed by atoms with E-state index in [1.807, 2.05) is 6.92 Å². The summed E-state index contributed by atoms with van der Waals surface area (Å²) < 4.78 is 23.8. The van der Waals surface area contributed by atoms with Gasteiger partial charge in [0.2, 0.25) is 0 Å². The van der Waals surface area contributed by atoms with Crippen LogP contribution in [-0.4, -0.2) is 65.9 Å². The topological polar surface area (TPSA) is 102 Å². The Kier molecular flexibility index (Phi) is 11.4. The molecule has 0 aliphatic carbocycles. The van der Waals surface area contributed by atoms with Gasteiger partial charge in [-0.3, -0.25) is 5.41 Å². The van der Waals surface area contributed by atoms with Crippen molar-refractivity contribution in [2.75, 3.05) is 32.7 Å². The maximum atomic E-state index is 7.80. The molecule has 0 bridgehead atoms. The molecule has 1 aliphatic heterocycles. The smallest absolute Gasteiger partial charge is 0.260 e. The van der Waals surface area contributed by atoms with Gasteiger partial charge in [-0.2, -0.15) is 4.99 Å². The monoisotopic (exact) mass is 440 g/mol. The van der Waals surface area contributed by atoms with Gasteiger partial charge in [-0.05, 0) is 26.0 Å². The predicted octanol–water partition coefficient (Wildman–Crippen LogP) is 4.32. The van der Waals surface area contributed by atoms with Crippen LogP contribution in [0.5, 0.6) is 0 Å². The van der Waals surface area contributed by atoms with Crippen LogP contribution in [-0.2, 0) is 18.9 Å². The van der Waals surface area contributed by atoms with Gasteiger partial charge in [0.05, 0.1) is 31.2 Å². The molecule has 0 aromatic carbocycles. The SMILES string of the molecule is CCCCOC[C@H]1O[C@@H](c2cnc(/C(=N\C(=N)SC)OCC)[nH]2)C[C@@H]1OCCCC. The van der Waals surface area contributed by atoms with Crippen molar-refractivity contribution in [3.8, 4) is 0 Å². The number of aromatic nitrogens is 2. The van der Waals surface area contributed by atoms with Crippen molar-refractivity contribution in [3.05, 3.63) is 17.7 Å². The summed E-state index contributed by atoms with van der Waals surface area (Å²) in [7, 11) is 0. The first-order valence-corrected chi connectivity index (χ1v) is 12.1. The zero-order chi connectivity index (χ0) is 21.8. The van der Waals surface area contributed by atoms with Crippen molar-refractivity contribution in [2.45, 2.75) is 71.2 Å². The van der Waals surface area contributed by atoms with E-state index in [2.05, 4.69) is 28.8 Å². The van der Waals surface area contributed by atoms with E-state index in [4.69, 9.17) is 24.4 Å². The lowest BCUT2D eigenvalue weighted by Gasteiger charge is -2.19. The molecule has 2 rings (SSSR count). The standard InChI is InChI=1S/C21H36N4O4S/c1-5-8-10-26-14-18-17(28-11-9-6-2)12-16(29-18)15-13-23-19(24-15)20(27-7-3)25-21(22)30-4/h13,16-18,22H,5-12,14H2,1-4H3,(H,23,24)/b22-21?,25-20+/t16-,17+,18-/m1/s1. The van der Waals surface area contributed by atoms with Crippen LogP contribution in [0.3, 0.4) is 0 Å². The van der Waals surface area contributed by atoms with Crippen LogP contribution in [0.25, 0.3) is 0 Å². The Balaban J connectivity index is 2.06. The van der Waals surface area contributed by atoms with Crippen LogP contribution in [0.15, 0.2) is 11.2 Å². The second-order valence-electron chi connectivity index (χ2n) is 7.14. The van der Waals surface area contributed by atoms with Crippen molar-refractivity contribution in [3.63, 3.8) is 0 Å². The molecule has 0 amide bonds.